The lowest BCUT2D eigenvalue weighted by Crippen LogP contribution is -2.41. The first-order valence-corrected chi connectivity index (χ1v) is 9.35. The molecule has 29 heavy (non-hydrogen) atoms. The smallest absolute Gasteiger partial charge is 0.337 e. The van der Waals surface area contributed by atoms with Crippen LogP contribution in [0.5, 0.6) is 0 Å². The zero-order valence-electron chi connectivity index (χ0n) is 16.2. The topological polar surface area (TPSA) is 95.8 Å². The molecule has 3 heterocycles. The summed E-state index contributed by atoms with van der Waals surface area (Å²) >= 11 is 0. The number of hydrogen-bond acceptors (Lipinski definition) is 5. The summed E-state index contributed by atoms with van der Waals surface area (Å²) in [5.74, 6) is -0.129. The molecule has 7 heteroatoms. The molecule has 1 unspecified atom stereocenters. The fraction of sp³-hybridized carbons (Fsp3) is 0.182. The molecule has 0 fully saturated rings. The number of rotatable bonds is 4. The highest BCUT2D eigenvalue weighted by atomic mass is 16.2. The number of benzene rings is 1. The van der Waals surface area contributed by atoms with Gasteiger partial charge in [-0.15, -0.1) is 0 Å². The minimum absolute atomic E-state index is 0.129. The number of hydrogen-bond donors (Lipinski definition) is 1. The fourth-order valence-electron chi connectivity index (χ4n) is 3.45. The largest absolute Gasteiger partial charge is 0.397 e. The van der Waals surface area contributed by atoms with E-state index in [1.165, 1.54) is 9.13 Å². The average molecular weight is 387 g/mol. The van der Waals surface area contributed by atoms with Crippen LogP contribution in [0, 0.1) is 6.92 Å². The highest BCUT2D eigenvalue weighted by Crippen LogP contribution is 2.19. The van der Waals surface area contributed by atoms with Crippen molar-refractivity contribution in [2.45, 2.75) is 26.3 Å². The Bertz CT molecular complexity index is 1320. The van der Waals surface area contributed by atoms with Gasteiger partial charge in [0, 0.05) is 30.6 Å². The Labute approximate surface area is 167 Å². The summed E-state index contributed by atoms with van der Waals surface area (Å²) in [5.41, 5.74) is 8.40. The zero-order valence-corrected chi connectivity index (χ0v) is 16.2. The zero-order chi connectivity index (χ0) is 20.5. The van der Waals surface area contributed by atoms with E-state index in [4.69, 9.17) is 5.73 Å². The first-order chi connectivity index (χ1) is 14.0. The molecule has 0 amide bonds. The lowest BCUT2D eigenvalue weighted by molar-refractivity contribution is 0.541. The molecule has 3 aromatic heterocycles. The highest BCUT2D eigenvalue weighted by Gasteiger charge is 2.19. The molecule has 2 N–H and O–H groups in total. The van der Waals surface area contributed by atoms with Crippen LogP contribution in [0.1, 0.15) is 24.1 Å². The molecule has 7 nitrogen and oxygen atoms in total. The van der Waals surface area contributed by atoms with Gasteiger partial charge in [0.15, 0.2) is 5.65 Å². The van der Waals surface area contributed by atoms with Crippen molar-refractivity contribution >= 4 is 16.7 Å². The van der Waals surface area contributed by atoms with Gasteiger partial charge in [-0.3, -0.25) is 14.3 Å². The monoisotopic (exact) mass is 387 g/mol. The lowest BCUT2D eigenvalue weighted by Gasteiger charge is -2.17. The number of pyridine rings is 2. The summed E-state index contributed by atoms with van der Waals surface area (Å²) in [5, 5.41) is 0.361. The van der Waals surface area contributed by atoms with E-state index in [0.717, 1.165) is 11.3 Å². The second-order valence-electron chi connectivity index (χ2n) is 7.13. The molecule has 0 aliphatic carbocycles. The predicted molar refractivity (Wildman–Crippen MR) is 113 cm³/mol. The second-order valence-corrected chi connectivity index (χ2v) is 7.13. The third-order valence-electron chi connectivity index (χ3n) is 4.97. The molecule has 4 aromatic rings. The Kier molecular flexibility index (Phi) is 4.72. The van der Waals surface area contributed by atoms with E-state index < -0.39 is 5.69 Å². The molecule has 0 bridgehead atoms. The van der Waals surface area contributed by atoms with Gasteiger partial charge in [-0.1, -0.05) is 19.1 Å². The van der Waals surface area contributed by atoms with E-state index in [1.54, 1.807) is 48.8 Å². The van der Waals surface area contributed by atoms with Gasteiger partial charge in [0.05, 0.1) is 16.8 Å². The summed E-state index contributed by atoms with van der Waals surface area (Å²) in [6, 6.07) is 14.3. The van der Waals surface area contributed by atoms with E-state index in [1.807, 2.05) is 26.0 Å². The molecule has 0 saturated heterocycles. The van der Waals surface area contributed by atoms with Crippen molar-refractivity contribution in [2.24, 2.45) is 0 Å². The van der Waals surface area contributed by atoms with Crippen LogP contribution in [0.4, 0.5) is 5.69 Å². The first kappa shape index (κ1) is 18.6. The summed E-state index contributed by atoms with van der Waals surface area (Å²) in [6.07, 6.45) is 3.29. The maximum Gasteiger partial charge on any atom is 0.337 e. The van der Waals surface area contributed by atoms with Crippen LogP contribution in [-0.4, -0.2) is 19.1 Å². The fourth-order valence-corrected chi connectivity index (χ4v) is 3.45. The van der Waals surface area contributed by atoms with Crippen molar-refractivity contribution in [2.75, 3.05) is 5.73 Å². The highest BCUT2D eigenvalue weighted by molar-refractivity contribution is 5.77. The minimum Gasteiger partial charge on any atom is -0.397 e. The Morgan fingerprint density at radius 3 is 2.59 bits per heavy atom. The van der Waals surface area contributed by atoms with E-state index in [9.17, 15) is 9.59 Å². The Morgan fingerprint density at radius 2 is 1.83 bits per heavy atom. The Hall–Kier alpha value is -3.74. The molecule has 0 aliphatic heterocycles. The molecule has 0 spiro atoms. The number of nitrogens with zero attached hydrogens (tertiary/aromatic N) is 4. The van der Waals surface area contributed by atoms with Crippen LogP contribution >= 0.6 is 0 Å². The summed E-state index contributed by atoms with van der Waals surface area (Å²) in [6.45, 7) is 4.13. The van der Waals surface area contributed by atoms with Crippen LogP contribution in [0.3, 0.4) is 0 Å². The first-order valence-electron chi connectivity index (χ1n) is 9.35. The van der Waals surface area contributed by atoms with Gasteiger partial charge in [0.2, 0.25) is 0 Å². The number of nitrogen functional groups attached to an aromatic ring is 1. The second kappa shape index (κ2) is 7.35. The van der Waals surface area contributed by atoms with Gasteiger partial charge >= 0.3 is 5.69 Å². The summed E-state index contributed by atoms with van der Waals surface area (Å²) in [4.78, 5) is 35.2. The Morgan fingerprint density at radius 1 is 1.03 bits per heavy atom. The van der Waals surface area contributed by atoms with E-state index in [0.29, 0.717) is 16.8 Å². The SMILES string of the molecule is Cc1ccnc(C(C)Cn2c(=O)c3cccnc3n(-c3ccccc3N)c2=O)c1. The number of aryl methyl sites for hydroxylation is 1. The standard InChI is InChI=1S/C22H21N5O2/c1-14-9-11-24-18(12-14)15(2)13-26-21(28)16-6-5-10-25-20(16)27(22(26)29)19-8-4-3-7-17(19)23/h3-12,15H,13,23H2,1-2H3. The van der Waals surface area contributed by atoms with E-state index in [-0.39, 0.29) is 23.7 Å². The maximum absolute atomic E-state index is 13.4. The van der Waals surface area contributed by atoms with Crippen LogP contribution < -0.4 is 17.0 Å². The number of para-hydroxylation sites is 2. The molecule has 1 aromatic carbocycles. The summed E-state index contributed by atoms with van der Waals surface area (Å²) in [7, 11) is 0. The van der Waals surface area contributed by atoms with Crippen LogP contribution in [0.25, 0.3) is 16.7 Å². The summed E-state index contributed by atoms with van der Waals surface area (Å²) < 4.78 is 2.65. The van der Waals surface area contributed by atoms with Gasteiger partial charge < -0.3 is 5.73 Å². The number of fused-ring (bicyclic) bond motifs is 1. The molecule has 0 aliphatic rings. The average Bonchev–Trinajstić information content (AvgIpc) is 2.72. The molecule has 0 radical (unpaired) electrons. The molecule has 4 rings (SSSR count). The van der Waals surface area contributed by atoms with Gasteiger partial charge in [-0.05, 0) is 48.9 Å². The number of nitrogens with two attached hydrogens (primary N) is 1. The quantitative estimate of drug-likeness (QED) is 0.543. The molecular formula is C22H21N5O2. The number of aromatic nitrogens is 4. The van der Waals surface area contributed by atoms with Crippen molar-refractivity contribution in [1.29, 1.82) is 0 Å². The Balaban J connectivity index is 1.95. The number of anilines is 1. The normalized spacial score (nSPS) is 12.2. The van der Waals surface area contributed by atoms with E-state index >= 15 is 0 Å². The van der Waals surface area contributed by atoms with Crippen molar-refractivity contribution < 1.29 is 0 Å². The van der Waals surface area contributed by atoms with Gasteiger partial charge in [0.25, 0.3) is 5.56 Å². The third kappa shape index (κ3) is 3.31. The van der Waals surface area contributed by atoms with Gasteiger partial charge in [-0.2, -0.15) is 0 Å². The van der Waals surface area contributed by atoms with Gasteiger partial charge in [0.1, 0.15) is 0 Å². The molecule has 0 saturated carbocycles. The third-order valence-corrected chi connectivity index (χ3v) is 4.97. The van der Waals surface area contributed by atoms with Gasteiger partial charge in [-0.25, -0.2) is 14.3 Å². The van der Waals surface area contributed by atoms with Crippen LogP contribution in [-0.2, 0) is 6.54 Å². The molecule has 1 atom stereocenters. The maximum atomic E-state index is 13.4. The van der Waals surface area contributed by atoms with Crippen molar-refractivity contribution in [3.8, 4) is 5.69 Å². The lowest BCUT2D eigenvalue weighted by atomic mass is 10.1. The van der Waals surface area contributed by atoms with Crippen molar-refractivity contribution in [1.82, 2.24) is 19.1 Å². The van der Waals surface area contributed by atoms with Crippen LogP contribution in [0.2, 0.25) is 0 Å². The molecular weight excluding hydrogens is 366 g/mol. The van der Waals surface area contributed by atoms with Crippen molar-refractivity contribution in [3.63, 3.8) is 0 Å². The van der Waals surface area contributed by atoms with Crippen molar-refractivity contribution in [3.05, 3.63) is 93.0 Å². The predicted octanol–water partition coefficient (Wildman–Crippen LogP) is 2.64. The van der Waals surface area contributed by atoms with Crippen LogP contribution in [0.15, 0.2) is 70.5 Å². The minimum atomic E-state index is -0.474. The van der Waals surface area contributed by atoms with E-state index in [2.05, 4.69) is 9.97 Å². The molecule has 146 valence electrons.